The van der Waals surface area contributed by atoms with Gasteiger partial charge in [-0.1, -0.05) is 6.92 Å². The van der Waals surface area contributed by atoms with Gasteiger partial charge in [-0.15, -0.1) is 0 Å². The molecule has 1 amide bonds. The summed E-state index contributed by atoms with van der Waals surface area (Å²) in [7, 11) is 1.53. The van der Waals surface area contributed by atoms with Crippen LogP contribution in [0.15, 0.2) is 0 Å². The summed E-state index contributed by atoms with van der Waals surface area (Å²) >= 11 is 0. The van der Waals surface area contributed by atoms with Crippen molar-refractivity contribution in [1.82, 2.24) is 4.90 Å². The van der Waals surface area contributed by atoms with Crippen molar-refractivity contribution in [2.45, 2.75) is 25.8 Å². The molecular weight excluding hydrogens is 198 g/mol. The van der Waals surface area contributed by atoms with E-state index in [-0.39, 0.29) is 11.8 Å². The van der Waals surface area contributed by atoms with Crippen LogP contribution in [0.1, 0.15) is 19.8 Å². The van der Waals surface area contributed by atoms with E-state index in [0.29, 0.717) is 19.6 Å². The Labute approximate surface area is 89.0 Å². The zero-order valence-electron chi connectivity index (χ0n) is 9.10. The van der Waals surface area contributed by atoms with Gasteiger partial charge in [0.25, 0.3) is 0 Å². The molecule has 0 saturated carbocycles. The number of carboxylic acid groups (broad SMARTS) is 1. The fraction of sp³-hybridized carbons (Fsp3) is 0.800. The normalized spacial score (nSPS) is 22.8. The molecule has 1 heterocycles. The number of carbonyl (C=O) groups is 2. The summed E-state index contributed by atoms with van der Waals surface area (Å²) in [5, 5.41) is 8.92. The monoisotopic (exact) mass is 215 g/mol. The number of methoxy groups -OCH3 is 1. The second kappa shape index (κ2) is 5.11. The number of carboxylic acids is 1. The van der Waals surface area contributed by atoms with E-state index in [1.165, 1.54) is 12.0 Å². The lowest BCUT2D eigenvalue weighted by Gasteiger charge is -2.24. The molecule has 0 radical (unpaired) electrons. The number of carbonyl (C=O) groups excluding carboxylic acids is 1. The molecule has 15 heavy (non-hydrogen) atoms. The standard InChI is InChI=1S/C10H17NO4/c1-7(6-15-2)9(12)11-5-3-4-8(11)10(13)14/h7-8H,3-6H2,1-2H3,(H,13,14)/t7?,8-/m0/s1. The predicted molar refractivity (Wildman–Crippen MR) is 53.4 cm³/mol. The van der Waals surface area contributed by atoms with Crippen LogP contribution < -0.4 is 0 Å². The molecule has 0 aliphatic carbocycles. The molecular formula is C10H17NO4. The van der Waals surface area contributed by atoms with Gasteiger partial charge in [0, 0.05) is 13.7 Å². The Morgan fingerprint density at radius 2 is 2.27 bits per heavy atom. The van der Waals surface area contributed by atoms with E-state index < -0.39 is 12.0 Å². The number of hydrogen-bond acceptors (Lipinski definition) is 3. The van der Waals surface area contributed by atoms with Crippen molar-refractivity contribution in [3.8, 4) is 0 Å². The Morgan fingerprint density at radius 1 is 1.60 bits per heavy atom. The summed E-state index contributed by atoms with van der Waals surface area (Å²) < 4.78 is 4.89. The van der Waals surface area contributed by atoms with Gasteiger partial charge in [0.2, 0.25) is 5.91 Å². The minimum absolute atomic E-state index is 0.123. The van der Waals surface area contributed by atoms with Crippen LogP contribution in [0.3, 0.4) is 0 Å². The number of likely N-dealkylation sites (tertiary alicyclic amines) is 1. The second-order valence-corrected chi connectivity index (χ2v) is 3.88. The largest absolute Gasteiger partial charge is 0.480 e. The Bertz CT molecular complexity index is 254. The van der Waals surface area contributed by atoms with Crippen LogP contribution in [0, 0.1) is 5.92 Å². The van der Waals surface area contributed by atoms with E-state index in [9.17, 15) is 9.59 Å². The molecule has 0 aromatic heterocycles. The maximum Gasteiger partial charge on any atom is 0.326 e. The lowest BCUT2D eigenvalue weighted by atomic mass is 10.1. The summed E-state index contributed by atoms with van der Waals surface area (Å²) in [6.07, 6.45) is 1.32. The van der Waals surface area contributed by atoms with Crippen LogP contribution in [0.25, 0.3) is 0 Å². The van der Waals surface area contributed by atoms with Gasteiger partial charge in [0.05, 0.1) is 12.5 Å². The first-order chi connectivity index (χ1) is 7.07. The van der Waals surface area contributed by atoms with E-state index in [4.69, 9.17) is 9.84 Å². The lowest BCUT2D eigenvalue weighted by molar-refractivity contribution is -0.150. The number of rotatable bonds is 4. The quantitative estimate of drug-likeness (QED) is 0.734. The molecule has 5 nitrogen and oxygen atoms in total. The van der Waals surface area contributed by atoms with Crippen molar-refractivity contribution in [1.29, 1.82) is 0 Å². The smallest absolute Gasteiger partial charge is 0.326 e. The fourth-order valence-corrected chi connectivity index (χ4v) is 1.89. The topological polar surface area (TPSA) is 66.8 Å². The zero-order valence-corrected chi connectivity index (χ0v) is 9.10. The zero-order chi connectivity index (χ0) is 11.4. The summed E-state index contributed by atoms with van der Waals surface area (Å²) in [6.45, 7) is 2.63. The highest BCUT2D eigenvalue weighted by molar-refractivity contribution is 5.85. The van der Waals surface area contributed by atoms with Crippen molar-refractivity contribution in [2.24, 2.45) is 5.92 Å². The van der Waals surface area contributed by atoms with Gasteiger partial charge in [0.15, 0.2) is 0 Å². The van der Waals surface area contributed by atoms with Gasteiger partial charge in [-0.05, 0) is 12.8 Å². The van der Waals surface area contributed by atoms with Crippen molar-refractivity contribution in [2.75, 3.05) is 20.3 Å². The Kier molecular flexibility index (Phi) is 4.08. The third kappa shape index (κ3) is 2.68. The van der Waals surface area contributed by atoms with Crippen molar-refractivity contribution in [3.05, 3.63) is 0 Å². The summed E-state index contributed by atoms with van der Waals surface area (Å²) in [5.74, 6) is -1.30. The number of nitrogens with zero attached hydrogens (tertiary/aromatic N) is 1. The first-order valence-corrected chi connectivity index (χ1v) is 5.10. The molecule has 1 unspecified atom stereocenters. The molecule has 0 spiro atoms. The fourth-order valence-electron chi connectivity index (χ4n) is 1.89. The lowest BCUT2D eigenvalue weighted by Crippen LogP contribution is -2.43. The Balaban J connectivity index is 2.62. The van der Waals surface area contributed by atoms with Crippen LogP contribution in [-0.4, -0.2) is 48.2 Å². The molecule has 1 N–H and O–H groups in total. The third-order valence-electron chi connectivity index (χ3n) is 2.66. The molecule has 0 aromatic rings. The van der Waals surface area contributed by atoms with Crippen LogP contribution in [0.4, 0.5) is 0 Å². The molecule has 1 aliphatic rings. The molecule has 5 heteroatoms. The van der Waals surface area contributed by atoms with E-state index >= 15 is 0 Å². The molecule has 1 aliphatic heterocycles. The molecule has 1 rings (SSSR count). The van der Waals surface area contributed by atoms with E-state index in [1.807, 2.05) is 0 Å². The second-order valence-electron chi connectivity index (χ2n) is 3.88. The molecule has 1 fully saturated rings. The van der Waals surface area contributed by atoms with Crippen molar-refractivity contribution in [3.63, 3.8) is 0 Å². The van der Waals surface area contributed by atoms with Gasteiger partial charge in [0.1, 0.15) is 6.04 Å². The Hall–Kier alpha value is -1.10. The first-order valence-electron chi connectivity index (χ1n) is 5.10. The number of amides is 1. The minimum Gasteiger partial charge on any atom is -0.480 e. The molecule has 86 valence electrons. The first kappa shape index (κ1) is 12.0. The van der Waals surface area contributed by atoms with Gasteiger partial charge < -0.3 is 14.7 Å². The van der Waals surface area contributed by atoms with Crippen LogP contribution in [0.5, 0.6) is 0 Å². The summed E-state index contributed by atoms with van der Waals surface area (Å²) in [6, 6.07) is -0.642. The van der Waals surface area contributed by atoms with Crippen LogP contribution >= 0.6 is 0 Å². The number of ether oxygens (including phenoxy) is 1. The van der Waals surface area contributed by atoms with Crippen molar-refractivity contribution < 1.29 is 19.4 Å². The Morgan fingerprint density at radius 3 is 2.80 bits per heavy atom. The van der Waals surface area contributed by atoms with Gasteiger partial charge in [-0.2, -0.15) is 0 Å². The maximum absolute atomic E-state index is 11.8. The highest BCUT2D eigenvalue weighted by Gasteiger charge is 2.35. The highest BCUT2D eigenvalue weighted by atomic mass is 16.5. The predicted octanol–water partition coefficient (Wildman–Crippen LogP) is 0.344. The number of hydrogen-bond donors (Lipinski definition) is 1. The van der Waals surface area contributed by atoms with Crippen LogP contribution in [-0.2, 0) is 14.3 Å². The maximum atomic E-state index is 11.8. The van der Waals surface area contributed by atoms with E-state index in [2.05, 4.69) is 0 Å². The molecule has 0 aromatic carbocycles. The summed E-state index contributed by atoms with van der Waals surface area (Å²) in [4.78, 5) is 24.2. The average Bonchev–Trinajstić information content (AvgIpc) is 2.65. The summed E-state index contributed by atoms with van der Waals surface area (Å²) in [5.41, 5.74) is 0. The third-order valence-corrected chi connectivity index (χ3v) is 2.66. The highest BCUT2D eigenvalue weighted by Crippen LogP contribution is 2.19. The SMILES string of the molecule is COCC(C)C(=O)N1CCC[C@H]1C(=O)O. The number of aliphatic carboxylic acids is 1. The average molecular weight is 215 g/mol. The van der Waals surface area contributed by atoms with Gasteiger partial charge in [-0.3, -0.25) is 4.79 Å². The molecule has 1 saturated heterocycles. The molecule has 2 atom stereocenters. The van der Waals surface area contributed by atoms with E-state index in [1.54, 1.807) is 6.92 Å². The van der Waals surface area contributed by atoms with Gasteiger partial charge >= 0.3 is 5.97 Å². The van der Waals surface area contributed by atoms with Crippen LogP contribution in [0.2, 0.25) is 0 Å². The van der Waals surface area contributed by atoms with E-state index in [0.717, 1.165) is 6.42 Å². The van der Waals surface area contributed by atoms with Crippen molar-refractivity contribution >= 4 is 11.9 Å². The van der Waals surface area contributed by atoms with Gasteiger partial charge in [-0.25, -0.2) is 4.79 Å². The minimum atomic E-state index is -0.912. The molecule has 0 bridgehead atoms.